The van der Waals surface area contributed by atoms with E-state index in [4.69, 9.17) is 0 Å². The summed E-state index contributed by atoms with van der Waals surface area (Å²) < 4.78 is 0. The van der Waals surface area contributed by atoms with Crippen LogP contribution in [-0.2, 0) is 0 Å². The third-order valence-corrected chi connectivity index (χ3v) is 16.4. The topological polar surface area (TPSA) is 0 Å². The van der Waals surface area contributed by atoms with Crippen LogP contribution in [0.5, 0.6) is 0 Å². The smallest absolute Gasteiger partial charge is 0.0200 e. The van der Waals surface area contributed by atoms with E-state index in [2.05, 4.69) is 255 Å². The van der Waals surface area contributed by atoms with E-state index in [1.165, 1.54) is 154 Å². The summed E-state index contributed by atoms with van der Waals surface area (Å²) in [5, 5.41) is 10.5. The highest BCUT2D eigenvalue weighted by atomic mass is 14.4. The van der Waals surface area contributed by atoms with Crippen molar-refractivity contribution in [3.05, 3.63) is 266 Å². The third-order valence-electron chi connectivity index (χ3n) is 16.4. The maximum absolute atomic E-state index is 2.61. The van der Waals surface area contributed by atoms with E-state index in [0.717, 1.165) is 0 Å². The fourth-order valence-corrected chi connectivity index (χ4v) is 13.3. The Labute approximate surface area is 418 Å². The standard InChI is InChI=1S/C72H44/c1-5-16-43(17-6-1)51-34-52(44-18-7-2-8-19-44)37-55(36-51)67-63-41-60-57-33-32-49-31-30-48-24-13-27-50-40-62(70(57)69(49)65(48)50)61(60)42-64(63)68(72-59-29-15-26-47-25-14-28-58(66(47)59)71(67)72)56-38-53(45-20-9-3-10-21-45)35-54(39-56)46-22-11-4-12-23-46/h1-42,47,66H. The van der Waals surface area contributed by atoms with E-state index in [9.17, 15) is 0 Å². The molecule has 0 N–H and O–H groups in total. The highest BCUT2D eigenvalue weighted by molar-refractivity contribution is 6.33. The highest BCUT2D eigenvalue weighted by Crippen LogP contribution is 2.62. The second-order valence-corrected chi connectivity index (χ2v) is 20.2. The van der Waals surface area contributed by atoms with E-state index >= 15 is 0 Å². The van der Waals surface area contributed by atoms with E-state index in [1.807, 2.05) is 0 Å². The summed E-state index contributed by atoms with van der Waals surface area (Å²) in [4.78, 5) is 0. The molecular formula is C72H44. The first-order valence-electron chi connectivity index (χ1n) is 25.4. The van der Waals surface area contributed by atoms with E-state index in [1.54, 1.807) is 0 Å². The molecule has 0 heterocycles. The molecule has 0 spiro atoms. The van der Waals surface area contributed by atoms with Crippen molar-refractivity contribution in [1.82, 2.24) is 0 Å². The lowest BCUT2D eigenvalue weighted by Crippen LogP contribution is -2.14. The molecule has 0 nitrogen and oxygen atoms in total. The van der Waals surface area contributed by atoms with Crippen molar-refractivity contribution in [3.8, 4) is 89.0 Å². The van der Waals surface area contributed by atoms with Crippen LogP contribution < -0.4 is 0 Å². The molecule has 0 aliphatic heterocycles. The van der Waals surface area contributed by atoms with Crippen LogP contribution in [0, 0.1) is 11.8 Å². The third kappa shape index (κ3) is 5.75. The minimum Gasteiger partial charge on any atom is -0.0767 e. The molecule has 0 saturated carbocycles. The Hall–Kier alpha value is -9.10. The Balaban J connectivity index is 1.10. The van der Waals surface area contributed by atoms with E-state index in [-0.39, 0.29) is 11.8 Å². The van der Waals surface area contributed by atoms with Gasteiger partial charge in [0.25, 0.3) is 0 Å². The molecule has 16 rings (SSSR count). The molecule has 0 bridgehead atoms. The Morgan fingerprint density at radius 1 is 0.250 bits per heavy atom. The molecule has 12 aromatic carbocycles. The first kappa shape index (κ1) is 39.7. The quantitative estimate of drug-likeness (QED) is 0.146. The minimum atomic E-state index is 0.208. The first-order valence-corrected chi connectivity index (χ1v) is 25.4. The molecule has 0 fully saturated rings. The minimum absolute atomic E-state index is 0.208. The van der Waals surface area contributed by atoms with Crippen molar-refractivity contribution in [2.75, 3.05) is 0 Å². The van der Waals surface area contributed by atoms with Crippen LogP contribution in [-0.4, -0.2) is 0 Å². The van der Waals surface area contributed by atoms with Gasteiger partial charge in [-0.1, -0.05) is 200 Å². The normalized spacial score (nSPS) is 15.8. The molecular weight excluding hydrogens is 865 g/mol. The summed E-state index contributed by atoms with van der Waals surface area (Å²) in [6, 6.07) is 82.4. The first-order chi connectivity index (χ1) is 35.7. The molecule has 2 unspecified atom stereocenters. The van der Waals surface area contributed by atoms with Crippen LogP contribution in [0.3, 0.4) is 0 Å². The van der Waals surface area contributed by atoms with Gasteiger partial charge >= 0.3 is 0 Å². The summed E-state index contributed by atoms with van der Waals surface area (Å²) in [5.74, 6) is 0.474. The number of rotatable bonds is 6. The summed E-state index contributed by atoms with van der Waals surface area (Å²) >= 11 is 0. The lowest BCUT2D eigenvalue weighted by Gasteiger charge is -2.26. The predicted molar refractivity (Wildman–Crippen MR) is 306 cm³/mol. The van der Waals surface area contributed by atoms with Crippen molar-refractivity contribution in [2.45, 2.75) is 0 Å². The van der Waals surface area contributed by atoms with Crippen molar-refractivity contribution in [1.29, 1.82) is 0 Å². The Morgan fingerprint density at radius 3 is 1.15 bits per heavy atom. The highest BCUT2D eigenvalue weighted by Gasteiger charge is 2.42. The Kier molecular flexibility index (Phi) is 8.38. The molecule has 72 heavy (non-hydrogen) atoms. The van der Waals surface area contributed by atoms with Gasteiger partial charge in [-0.15, -0.1) is 0 Å². The number of hydrogen-bond donors (Lipinski definition) is 0. The van der Waals surface area contributed by atoms with Crippen LogP contribution in [0.2, 0.25) is 0 Å². The van der Waals surface area contributed by atoms with Crippen LogP contribution in [0.4, 0.5) is 0 Å². The zero-order valence-electron chi connectivity index (χ0n) is 39.4. The zero-order chi connectivity index (χ0) is 47.0. The van der Waals surface area contributed by atoms with Gasteiger partial charge in [-0.05, 0) is 209 Å². The van der Waals surface area contributed by atoms with Crippen molar-refractivity contribution in [2.24, 2.45) is 11.8 Å². The van der Waals surface area contributed by atoms with Crippen LogP contribution in [0.15, 0.2) is 255 Å². The SMILES string of the molecule is C1=CC2C=CC=C3c4c(c(-c5cc(-c6ccccc6)cc(-c6ccccc6)c5)c5cc6c(cc5c4-c4cc(-c5ccccc5)cc(-c5ccccc5)c4)-c4cc5cccc7ccc8ccc-6c4c8c75)C(=C1)C32. The zero-order valence-corrected chi connectivity index (χ0v) is 39.4. The van der Waals surface area contributed by atoms with Gasteiger partial charge in [0, 0.05) is 11.8 Å². The number of allylic oxidation sites excluding steroid dienone is 8. The molecule has 0 radical (unpaired) electrons. The predicted octanol–water partition coefficient (Wildman–Crippen LogP) is 19.5. The monoisotopic (exact) mass is 908 g/mol. The average Bonchev–Trinajstić information content (AvgIpc) is 3.95. The van der Waals surface area contributed by atoms with Crippen LogP contribution >= 0.6 is 0 Å². The summed E-state index contributed by atoms with van der Waals surface area (Å²) in [7, 11) is 0. The molecule has 2 atom stereocenters. The number of hydrogen-bond acceptors (Lipinski definition) is 0. The van der Waals surface area contributed by atoms with Gasteiger partial charge in [0.15, 0.2) is 0 Å². The average molecular weight is 909 g/mol. The largest absolute Gasteiger partial charge is 0.0767 e. The number of benzene rings is 12. The van der Waals surface area contributed by atoms with Crippen LogP contribution in [0.25, 0.3) is 143 Å². The lowest BCUT2D eigenvalue weighted by molar-refractivity contribution is 0.707. The Bertz CT molecular complexity index is 4280. The van der Waals surface area contributed by atoms with Gasteiger partial charge < -0.3 is 0 Å². The van der Waals surface area contributed by atoms with Gasteiger partial charge in [-0.3, -0.25) is 0 Å². The van der Waals surface area contributed by atoms with Gasteiger partial charge in [-0.2, -0.15) is 0 Å². The van der Waals surface area contributed by atoms with Crippen molar-refractivity contribution < 1.29 is 0 Å². The molecule has 12 aromatic rings. The lowest BCUT2D eigenvalue weighted by atomic mass is 9.77. The van der Waals surface area contributed by atoms with Crippen molar-refractivity contribution >= 4 is 54.2 Å². The van der Waals surface area contributed by atoms with Crippen molar-refractivity contribution in [3.63, 3.8) is 0 Å². The van der Waals surface area contributed by atoms with Gasteiger partial charge in [0.1, 0.15) is 0 Å². The fraction of sp³-hybridized carbons (Fsp3) is 0.0278. The number of fused-ring (bicyclic) bond motifs is 7. The second-order valence-electron chi connectivity index (χ2n) is 20.2. The Morgan fingerprint density at radius 2 is 0.667 bits per heavy atom. The van der Waals surface area contributed by atoms with Gasteiger partial charge in [0.2, 0.25) is 0 Å². The molecule has 0 heteroatoms. The summed E-state index contributed by atoms with van der Waals surface area (Å²) in [5.41, 5.74) is 25.5. The molecule has 4 aliphatic rings. The van der Waals surface area contributed by atoms with Gasteiger partial charge in [0.05, 0.1) is 0 Å². The van der Waals surface area contributed by atoms with Gasteiger partial charge in [-0.25, -0.2) is 0 Å². The summed E-state index contributed by atoms with van der Waals surface area (Å²) in [6.07, 6.45) is 14.3. The van der Waals surface area contributed by atoms with E-state index < -0.39 is 0 Å². The van der Waals surface area contributed by atoms with Crippen LogP contribution in [0.1, 0.15) is 11.1 Å². The molecule has 0 aromatic heterocycles. The maximum atomic E-state index is 2.61. The molecule has 4 aliphatic carbocycles. The molecule has 0 amide bonds. The maximum Gasteiger partial charge on any atom is 0.0200 e. The second kappa shape index (κ2) is 15.2. The fourth-order valence-electron chi connectivity index (χ4n) is 13.3. The molecule has 332 valence electrons. The summed E-state index contributed by atoms with van der Waals surface area (Å²) in [6.45, 7) is 0. The van der Waals surface area contributed by atoms with E-state index in [0.29, 0.717) is 0 Å². The molecule has 0 saturated heterocycles.